The minimum Gasteiger partial charge on any atom is -0.353 e. The molecule has 2 rings (SSSR count). The molecule has 1 fully saturated rings. The van der Waals surface area contributed by atoms with E-state index in [9.17, 15) is 0 Å². The fourth-order valence-corrected chi connectivity index (χ4v) is 3.28. The average molecular weight is 280 g/mol. The van der Waals surface area contributed by atoms with Gasteiger partial charge in [0, 0.05) is 36.7 Å². The summed E-state index contributed by atoms with van der Waals surface area (Å²) < 4.78 is 0. The second-order valence-electron chi connectivity index (χ2n) is 5.27. The van der Waals surface area contributed by atoms with Crippen LogP contribution in [0.25, 0.3) is 0 Å². The van der Waals surface area contributed by atoms with Gasteiger partial charge >= 0.3 is 0 Å². The number of thioether (sulfide) groups is 1. The molecule has 1 aliphatic heterocycles. The molecule has 0 spiro atoms. The Morgan fingerprint density at radius 3 is 2.89 bits per heavy atom. The van der Waals surface area contributed by atoms with Crippen molar-refractivity contribution in [3.8, 4) is 0 Å². The van der Waals surface area contributed by atoms with Gasteiger partial charge in [-0.05, 0) is 18.6 Å². The largest absolute Gasteiger partial charge is 0.353 e. The van der Waals surface area contributed by atoms with Crippen molar-refractivity contribution in [3.63, 3.8) is 0 Å². The van der Waals surface area contributed by atoms with Crippen molar-refractivity contribution in [2.45, 2.75) is 45.0 Å². The fourth-order valence-electron chi connectivity index (χ4n) is 2.10. The molecule has 19 heavy (non-hydrogen) atoms. The first-order valence-corrected chi connectivity index (χ1v) is 8.16. The highest BCUT2D eigenvalue weighted by Crippen LogP contribution is 2.24. The lowest BCUT2D eigenvalue weighted by Gasteiger charge is -2.32. The van der Waals surface area contributed by atoms with Crippen LogP contribution in [-0.2, 0) is 6.54 Å². The molecule has 2 heterocycles. The first-order chi connectivity index (χ1) is 9.19. The Morgan fingerprint density at radius 1 is 1.42 bits per heavy atom. The van der Waals surface area contributed by atoms with Crippen LogP contribution in [0.2, 0.25) is 0 Å². The van der Waals surface area contributed by atoms with Gasteiger partial charge < -0.3 is 10.2 Å². The highest BCUT2D eigenvalue weighted by molar-refractivity contribution is 8.00. The molecule has 106 valence electrons. The Balaban J connectivity index is 1.93. The zero-order valence-electron chi connectivity index (χ0n) is 12.1. The maximum absolute atomic E-state index is 4.38. The van der Waals surface area contributed by atoms with Crippen molar-refractivity contribution in [1.82, 2.24) is 15.5 Å². The molecule has 1 saturated heterocycles. The maximum atomic E-state index is 4.38. The molecule has 0 aliphatic carbocycles. The van der Waals surface area contributed by atoms with Crippen LogP contribution in [0, 0.1) is 0 Å². The van der Waals surface area contributed by atoms with E-state index in [0.29, 0.717) is 6.04 Å². The van der Waals surface area contributed by atoms with Gasteiger partial charge in [-0.2, -0.15) is 16.9 Å². The quantitative estimate of drug-likeness (QED) is 0.896. The lowest BCUT2D eigenvalue weighted by molar-refractivity contribution is 0.577. The van der Waals surface area contributed by atoms with E-state index in [1.807, 2.05) is 0 Å². The SMILES string of the molecule is CCC1CN(c2ccc(CNC(C)C)nn2)CCS1. The molecule has 0 radical (unpaired) electrons. The first kappa shape index (κ1) is 14.6. The molecule has 1 aliphatic rings. The van der Waals surface area contributed by atoms with Crippen molar-refractivity contribution < 1.29 is 0 Å². The van der Waals surface area contributed by atoms with E-state index in [1.165, 1.54) is 12.2 Å². The van der Waals surface area contributed by atoms with E-state index in [-0.39, 0.29) is 0 Å². The summed E-state index contributed by atoms with van der Waals surface area (Å²) in [5.74, 6) is 2.21. The van der Waals surface area contributed by atoms with Gasteiger partial charge in [0.2, 0.25) is 0 Å². The highest BCUT2D eigenvalue weighted by Gasteiger charge is 2.20. The fraction of sp³-hybridized carbons (Fsp3) is 0.714. The third kappa shape index (κ3) is 4.35. The normalized spacial score (nSPS) is 20.0. The van der Waals surface area contributed by atoms with Crippen molar-refractivity contribution in [3.05, 3.63) is 17.8 Å². The van der Waals surface area contributed by atoms with Crippen LogP contribution in [0.3, 0.4) is 0 Å². The maximum Gasteiger partial charge on any atom is 0.151 e. The van der Waals surface area contributed by atoms with Gasteiger partial charge in [-0.1, -0.05) is 20.8 Å². The number of hydrogen-bond acceptors (Lipinski definition) is 5. The molecule has 1 atom stereocenters. The van der Waals surface area contributed by atoms with Gasteiger partial charge in [-0.3, -0.25) is 0 Å². The van der Waals surface area contributed by atoms with E-state index in [0.717, 1.165) is 36.4 Å². The van der Waals surface area contributed by atoms with E-state index in [1.54, 1.807) is 0 Å². The summed E-state index contributed by atoms with van der Waals surface area (Å²) in [5.41, 5.74) is 1.01. The van der Waals surface area contributed by atoms with Crippen LogP contribution in [-0.4, -0.2) is 40.3 Å². The predicted octanol–water partition coefficient (Wildman–Crippen LogP) is 2.31. The Morgan fingerprint density at radius 2 is 2.26 bits per heavy atom. The van der Waals surface area contributed by atoms with Gasteiger partial charge in [0.15, 0.2) is 5.82 Å². The van der Waals surface area contributed by atoms with Crippen LogP contribution < -0.4 is 10.2 Å². The number of aromatic nitrogens is 2. The lowest BCUT2D eigenvalue weighted by Crippen LogP contribution is -2.38. The molecule has 1 N–H and O–H groups in total. The Bertz CT molecular complexity index is 380. The zero-order valence-corrected chi connectivity index (χ0v) is 12.9. The van der Waals surface area contributed by atoms with Gasteiger partial charge in [0.1, 0.15) is 0 Å². The zero-order chi connectivity index (χ0) is 13.7. The molecule has 1 aromatic heterocycles. The number of nitrogens with one attached hydrogen (secondary N) is 1. The summed E-state index contributed by atoms with van der Waals surface area (Å²) >= 11 is 2.08. The van der Waals surface area contributed by atoms with Gasteiger partial charge in [0.05, 0.1) is 5.69 Å². The molecular weight excluding hydrogens is 256 g/mol. The summed E-state index contributed by atoms with van der Waals surface area (Å²) in [7, 11) is 0. The highest BCUT2D eigenvalue weighted by atomic mass is 32.2. The average Bonchev–Trinajstić information content (AvgIpc) is 2.45. The van der Waals surface area contributed by atoms with Crippen LogP contribution in [0.1, 0.15) is 32.9 Å². The standard InChI is InChI=1S/C14H24N4S/c1-4-13-10-18(7-8-19-13)14-6-5-12(16-17-14)9-15-11(2)3/h5-6,11,13,15H,4,7-10H2,1-3H3. The van der Waals surface area contributed by atoms with E-state index in [4.69, 9.17) is 0 Å². The summed E-state index contributed by atoms with van der Waals surface area (Å²) in [6, 6.07) is 4.67. The van der Waals surface area contributed by atoms with Gasteiger partial charge in [0.25, 0.3) is 0 Å². The lowest BCUT2D eigenvalue weighted by atomic mass is 10.3. The molecule has 0 saturated carbocycles. The Kier molecular flexibility index (Phi) is 5.45. The monoisotopic (exact) mass is 280 g/mol. The third-order valence-corrected chi connectivity index (χ3v) is 4.69. The Labute approximate surface area is 120 Å². The molecule has 1 unspecified atom stereocenters. The van der Waals surface area contributed by atoms with Crippen molar-refractivity contribution in [1.29, 1.82) is 0 Å². The molecule has 1 aromatic rings. The topological polar surface area (TPSA) is 41.0 Å². The summed E-state index contributed by atoms with van der Waals surface area (Å²) in [6.45, 7) is 9.50. The van der Waals surface area contributed by atoms with Crippen molar-refractivity contribution >= 4 is 17.6 Å². The second kappa shape index (κ2) is 7.10. The van der Waals surface area contributed by atoms with Crippen molar-refractivity contribution in [2.24, 2.45) is 0 Å². The third-order valence-electron chi connectivity index (χ3n) is 3.32. The molecule has 0 amide bonds. The molecule has 0 bridgehead atoms. The van der Waals surface area contributed by atoms with E-state index >= 15 is 0 Å². The summed E-state index contributed by atoms with van der Waals surface area (Å²) in [4.78, 5) is 2.36. The molecular formula is C14H24N4S. The van der Waals surface area contributed by atoms with E-state index in [2.05, 4.69) is 65.1 Å². The van der Waals surface area contributed by atoms with Crippen LogP contribution >= 0.6 is 11.8 Å². The van der Waals surface area contributed by atoms with Crippen LogP contribution in [0.5, 0.6) is 0 Å². The molecule has 0 aromatic carbocycles. The van der Waals surface area contributed by atoms with Gasteiger partial charge in [-0.15, -0.1) is 5.10 Å². The van der Waals surface area contributed by atoms with Gasteiger partial charge in [-0.25, -0.2) is 0 Å². The van der Waals surface area contributed by atoms with E-state index < -0.39 is 0 Å². The minimum atomic E-state index is 0.478. The second-order valence-corrected chi connectivity index (χ2v) is 6.67. The number of rotatable bonds is 5. The Hall–Kier alpha value is -0.810. The van der Waals surface area contributed by atoms with Crippen LogP contribution in [0.4, 0.5) is 5.82 Å². The number of anilines is 1. The smallest absolute Gasteiger partial charge is 0.151 e. The summed E-state index contributed by atoms with van der Waals surface area (Å²) in [6.07, 6.45) is 1.23. The minimum absolute atomic E-state index is 0.478. The number of hydrogen-bond donors (Lipinski definition) is 1. The van der Waals surface area contributed by atoms with Crippen LogP contribution in [0.15, 0.2) is 12.1 Å². The summed E-state index contributed by atoms with van der Waals surface area (Å²) in [5, 5.41) is 12.8. The number of nitrogens with zero attached hydrogens (tertiary/aromatic N) is 3. The molecule has 5 heteroatoms. The first-order valence-electron chi connectivity index (χ1n) is 7.11. The molecule has 4 nitrogen and oxygen atoms in total. The van der Waals surface area contributed by atoms with Crippen molar-refractivity contribution in [2.75, 3.05) is 23.7 Å². The predicted molar refractivity (Wildman–Crippen MR) is 82.8 cm³/mol.